The van der Waals surface area contributed by atoms with Gasteiger partial charge in [0, 0.05) is 6.54 Å². The van der Waals surface area contributed by atoms with Crippen molar-refractivity contribution in [2.75, 3.05) is 0 Å². The van der Waals surface area contributed by atoms with Crippen molar-refractivity contribution in [1.29, 1.82) is 0 Å². The Morgan fingerprint density at radius 1 is 1.36 bits per heavy atom. The van der Waals surface area contributed by atoms with Gasteiger partial charge in [-0.2, -0.15) is 0 Å². The number of hydrogen-bond donors (Lipinski definition) is 1. The minimum atomic E-state index is 0.501. The summed E-state index contributed by atoms with van der Waals surface area (Å²) in [6, 6.07) is 7.57. The molecule has 0 amide bonds. The van der Waals surface area contributed by atoms with E-state index < -0.39 is 0 Å². The quantitative estimate of drug-likeness (QED) is 0.803. The third-order valence-corrected chi connectivity index (χ3v) is 1.78. The first-order valence-corrected chi connectivity index (χ1v) is 4.25. The fraction of sp³-hybridized carbons (Fsp3) is 0.100. The summed E-state index contributed by atoms with van der Waals surface area (Å²) in [5.74, 6) is 1.32. The molecule has 0 bridgehead atoms. The number of aromatic nitrogens is 1. The summed E-state index contributed by atoms with van der Waals surface area (Å²) in [6.07, 6.45) is 2.95. The molecule has 1 aromatic heterocycles. The summed E-state index contributed by atoms with van der Waals surface area (Å²) in [6.45, 7) is 0.501. The normalized spacial score (nSPS) is 10.1. The maximum absolute atomic E-state index is 5.51. The van der Waals surface area contributed by atoms with Gasteiger partial charge in [0.05, 0.1) is 0 Å². The van der Waals surface area contributed by atoms with E-state index in [1.54, 1.807) is 0 Å². The molecule has 0 unspecified atom stereocenters. The first kappa shape index (κ1) is 8.77. The van der Waals surface area contributed by atoms with Gasteiger partial charge in [0.1, 0.15) is 11.9 Å². The number of hydrogen-bond acceptors (Lipinski definition) is 4. The molecular formula is C10H10N2O2. The third kappa shape index (κ3) is 1.92. The van der Waals surface area contributed by atoms with Gasteiger partial charge in [-0.3, -0.25) is 0 Å². The van der Waals surface area contributed by atoms with Crippen LogP contribution >= 0.6 is 0 Å². The van der Waals surface area contributed by atoms with Crippen molar-refractivity contribution in [3.8, 4) is 11.5 Å². The number of ether oxygens (including phenoxy) is 1. The lowest BCUT2D eigenvalue weighted by atomic mass is 10.2. The largest absolute Gasteiger partial charge is 0.452 e. The van der Waals surface area contributed by atoms with E-state index in [1.807, 2.05) is 24.3 Å². The Labute approximate surface area is 81.3 Å². The van der Waals surface area contributed by atoms with E-state index in [-0.39, 0.29) is 0 Å². The molecular weight excluding hydrogens is 180 g/mol. The fourth-order valence-corrected chi connectivity index (χ4v) is 1.12. The minimum absolute atomic E-state index is 0.501. The van der Waals surface area contributed by atoms with Gasteiger partial charge < -0.3 is 15.0 Å². The van der Waals surface area contributed by atoms with Crippen LogP contribution in [-0.2, 0) is 6.54 Å². The summed E-state index contributed by atoms with van der Waals surface area (Å²) in [5, 5.41) is 3.54. The van der Waals surface area contributed by atoms with E-state index in [1.165, 1.54) is 12.5 Å². The van der Waals surface area contributed by atoms with E-state index in [2.05, 4.69) is 9.68 Å². The standard InChI is InChI=1S/C10H10N2O2/c11-5-8-2-1-3-9(4-8)14-10-6-12-13-7-10/h1-4,6-7H,5,11H2. The summed E-state index contributed by atoms with van der Waals surface area (Å²) < 4.78 is 10.1. The lowest BCUT2D eigenvalue weighted by Gasteiger charge is -2.03. The first-order chi connectivity index (χ1) is 6.88. The Bertz CT molecular complexity index is 398. The third-order valence-electron chi connectivity index (χ3n) is 1.78. The molecule has 0 saturated heterocycles. The van der Waals surface area contributed by atoms with Gasteiger partial charge >= 0.3 is 0 Å². The second-order valence-electron chi connectivity index (χ2n) is 2.81. The molecule has 14 heavy (non-hydrogen) atoms. The van der Waals surface area contributed by atoms with Gasteiger partial charge in [-0.25, -0.2) is 0 Å². The van der Waals surface area contributed by atoms with Crippen LogP contribution in [0.1, 0.15) is 5.56 Å². The molecule has 0 spiro atoms. The van der Waals surface area contributed by atoms with Gasteiger partial charge in [-0.1, -0.05) is 17.3 Å². The Morgan fingerprint density at radius 2 is 2.29 bits per heavy atom. The van der Waals surface area contributed by atoms with Crippen LogP contribution in [0.15, 0.2) is 41.2 Å². The molecule has 1 heterocycles. The SMILES string of the molecule is NCc1cccc(Oc2cnoc2)c1. The second kappa shape index (κ2) is 3.93. The van der Waals surface area contributed by atoms with Crippen molar-refractivity contribution in [3.05, 3.63) is 42.3 Å². The van der Waals surface area contributed by atoms with Crippen LogP contribution in [0.4, 0.5) is 0 Å². The zero-order valence-corrected chi connectivity index (χ0v) is 7.51. The Morgan fingerprint density at radius 3 is 3.00 bits per heavy atom. The lowest BCUT2D eigenvalue weighted by molar-refractivity contribution is 0.410. The maximum Gasteiger partial charge on any atom is 0.186 e. The number of nitrogens with two attached hydrogens (primary N) is 1. The zero-order valence-electron chi connectivity index (χ0n) is 7.51. The van der Waals surface area contributed by atoms with E-state index in [0.717, 1.165) is 11.3 Å². The molecule has 0 aliphatic carbocycles. The lowest BCUT2D eigenvalue weighted by Crippen LogP contribution is -1.95. The fourth-order valence-electron chi connectivity index (χ4n) is 1.12. The summed E-state index contributed by atoms with van der Waals surface area (Å²) in [5.41, 5.74) is 6.53. The molecule has 4 nitrogen and oxygen atoms in total. The smallest absolute Gasteiger partial charge is 0.186 e. The van der Waals surface area contributed by atoms with Gasteiger partial charge in [0.25, 0.3) is 0 Å². The van der Waals surface area contributed by atoms with E-state index in [9.17, 15) is 0 Å². The number of benzene rings is 1. The molecule has 0 aliphatic rings. The summed E-state index contributed by atoms with van der Waals surface area (Å²) in [7, 11) is 0. The van der Waals surface area contributed by atoms with Gasteiger partial charge in [0.2, 0.25) is 0 Å². The van der Waals surface area contributed by atoms with Gasteiger partial charge in [0.15, 0.2) is 12.0 Å². The highest BCUT2D eigenvalue weighted by Crippen LogP contribution is 2.21. The highest BCUT2D eigenvalue weighted by atomic mass is 16.5. The monoisotopic (exact) mass is 190 g/mol. The van der Waals surface area contributed by atoms with Crippen LogP contribution in [-0.4, -0.2) is 5.16 Å². The van der Waals surface area contributed by atoms with Crippen molar-refractivity contribution in [1.82, 2.24) is 5.16 Å². The predicted molar refractivity (Wildman–Crippen MR) is 50.9 cm³/mol. The van der Waals surface area contributed by atoms with E-state index in [4.69, 9.17) is 10.5 Å². The zero-order chi connectivity index (χ0) is 9.80. The highest BCUT2D eigenvalue weighted by molar-refractivity contribution is 5.31. The molecule has 2 aromatic rings. The topological polar surface area (TPSA) is 61.3 Å². The molecule has 0 fully saturated rings. The Kier molecular flexibility index (Phi) is 2.46. The van der Waals surface area contributed by atoms with E-state index in [0.29, 0.717) is 12.3 Å². The summed E-state index contributed by atoms with van der Waals surface area (Å²) in [4.78, 5) is 0. The van der Waals surface area contributed by atoms with Crippen LogP contribution in [0, 0.1) is 0 Å². The maximum atomic E-state index is 5.51. The van der Waals surface area contributed by atoms with Crippen molar-refractivity contribution in [2.45, 2.75) is 6.54 Å². The average molecular weight is 190 g/mol. The first-order valence-electron chi connectivity index (χ1n) is 4.25. The van der Waals surface area contributed by atoms with Crippen molar-refractivity contribution >= 4 is 0 Å². The van der Waals surface area contributed by atoms with Crippen LogP contribution in [0.5, 0.6) is 11.5 Å². The molecule has 0 radical (unpaired) electrons. The molecule has 1 aromatic carbocycles. The van der Waals surface area contributed by atoms with Crippen LogP contribution in [0.3, 0.4) is 0 Å². The molecule has 0 saturated carbocycles. The molecule has 4 heteroatoms. The summed E-state index contributed by atoms with van der Waals surface area (Å²) >= 11 is 0. The minimum Gasteiger partial charge on any atom is -0.452 e. The molecule has 0 atom stereocenters. The molecule has 72 valence electrons. The van der Waals surface area contributed by atoms with Crippen molar-refractivity contribution in [2.24, 2.45) is 5.73 Å². The van der Waals surface area contributed by atoms with Gasteiger partial charge in [-0.15, -0.1) is 0 Å². The molecule has 2 rings (SSSR count). The Balaban J connectivity index is 2.17. The average Bonchev–Trinajstić information content (AvgIpc) is 2.71. The van der Waals surface area contributed by atoms with Crippen LogP contribution in [0.2, 0.25) is 0 Å². The number of nitrogens with zero attached hydrogens (tertiary/aromatic N) is 1. The molecule has 0 aliphatic heterocycles. The van der Waals surface area contributed by atoms with Crippen LogP contribution in [0.25, 0.3) is 0 Å². The van der Waals surface area contributed by atoms with Gasteiger partial charge in [-0.05, 0) is 17.7 Å². The van der Waals surface area contributed by atoms with Crippen molar-refractivity contribution < 1.29 is 9.26 Å². The second-order valence-corrected chi connectivity index (χ2v) is 2.81. The molecule has 2 N–H and O–H groups in total. The van der Waals surface area contributed by atoms with Crippen molar-refractivity contribution in [3.63, 3.8) is 0 Å². The highest BCUT2D eigenvalue weighted by Gasteiger charge is 1.99. The number of rotatable bonds is 3. The van der Waals surface area contributed by atoms with E-state index >= 15 is 0 Å². The Hall–Kier alpha value is -1.81. The van der Waals surface area contributed by atoms with Crippen LogP contribution < -0.4 is 10.5 Å². The predicted octanol–water partition coefficient (Wildman–Crippen LogP) is 1.93.